The van der Waals surface area contributed by atoms with E-state index in [9.17, 15) is 5.11 Å². The number of ether oxygens (including phenoxy) is 2. The van der Waals surface area contributed by atoms with Gasteiger partial charge in [0.2, 0.25) is 0 Å². The van der Waals surface area contributed by atoms with E-state index in [1.807, 2.05) is 0 Å². The van der Waals surface area contributed by atoms with Gasteiger partial charge in [-0.2, -0.15) is 0 Å². The molecule has 20 heavy (non-hydrogen) atoms. The van der Waals surface area contributed by atoms with Crippen molar-refractivity contribution in [2.45, 2.75) is 64.2 Å². The summed E-state index contributed by atoms with van der Waals surface area (Å²) in [7, 11) is 0. The summed E-state index contributed by atoms with van der Waals surface area (Å²) in [6.07, 6.45) is 5.70. The molecule has 0 saturated carbocycles. The number of piperidine rings is 1. The Morgan fingerprint density at radius 3 is 2.65 bits per heavy atom. The van der Waals surface area contributed by atoms with E-state index in [1.165, 1.54) is 19.3 Å². The Morgan fingerprint density at radius 1 is 1.20 bits per heavy atom. The number of likely N-dealkylation sites (tertiary alicyclic amines) is 1. The highest BCUT2D eigenvalue weighted by molar-refractivity contribution is 4.81. The van der Waals surface area contributed by atoms with Gasteiger partial charge in [0.05, 0.1) is 18.8 Å². The van der Waals surface area contributed by atoms with Gasteiger partial charge in [0, 0.05) is 25.8 Å². The van der Waals surface area contributed by atoms with Crippen LogP contribution in [0.15, 0.2) is 0 Å². The molecule has 0 bridgehead atoms. The molecule has 4 heteroatoms. The summed E-state index contributed by atoms with van der Waals surface area (Å²) in [5.74, 6) is 0.666. The SMILES string of the molecule is CC(C)C1CCCCN1CC(O)COC1CCOCC1. The van der Waals surface area contributed by atoms with Gasteiger partial charge >= 0.3 is 0 Å². The van der Waals surface area contributed by atoms with Crippen molar-refractivity contribution in [3.63, 3.8) is 0 Å². The third-order valence-corrected chi connectivity index (χ3v) is 4.57. The molecular formula is C16H31NO3. The van der Waals surface area contributed by atoms with Crippen LogP contribution in [0.25, 0.3) is 0 Å². The zero-order valence-electron chi connectivity index (χ0n) is 13.1. The zero-order valence-corrected chi connectivity index (χ0v) is 13.1. The number of hydrogen-bond acceptors (Lipinski definition) is 4. The summed E-state index contributed by atoms with van der Waals surface area (Å²) in [5, 5.41) is 10.2. The van der Waals surface area contributed by atoms with Crippen LogP contribution in [0, 0.1) is 5.92 Å². The number of β-amino-alcohol motifs (C(OH)–C–C–N with tert-alkyl or cyclic N) is 1. The van der Waals surface area contributed by atoms with Crippen molar-refractivity contribution in [2.75, 3.05) is 32.9 Å². The van der Waals surface area contributed by atoms with Crippen molar-refractivity contribution in [3.8, 4) is 0 Å². The van der Waals surface area contributed by atoms with Crippen LogP contribution in [0.5, 0.6) is 0 Å². The first-order valence-electron chi connectivity index (χ1n) is 8.28. The van der Waals surface area contributed by atoms with Crippen molar-refractivity contribution < 1.29 is 14.6 Å². The van der Waals surface area contributed by atoms with Gasteiger partial charge in [-0.25, -0.2) is 0 Å². The van der Waals surface area contributed by atoms with E-state index in [2.05, 4.69) is 18.7 Å². The minimum atomic E-state index is -0.364. The zero-order chi connectivity index (χ0) is 14.4. The van der Waals surface area contributed by atoms with Crippen molar-refractivity contribution in [2.24, 2.45) is 5.92 Å². The molecule has 0 amide bonds. The number of nitrogens with zero attached hydrogens (tertiary/aromatic N) is 1. The summed E-state index contributed by atoms with van der Waals surface area (Å²) in [5.41, 5.74) is 0. The molecule has 4 nitrogen and oxygen atoms in total. The number of rotatable bonds is 6. The maximum Gasteiger partial charge on any atom is 0.0900 e. The van der Waals surface area contributed by atoms with Crippen molar-refractivity contribution in [1.29, 1.82) is 0 Å². The molecule has 0 spiro atoms. The first-order valence-corrected chi connectivity index (χ1v) is 8.28. The molecule has 2 aliphatic heterocycles. The maximum absolute atomic E-state index is 10.2. The Kier molecular flexibility index (Phi) is 6.75. The van der Waals surface area contributed by atoms with E-state index >= 15 is 0 Å². The van der Waals surface area contributed by atoms with Gasteiger partial charge in [-0.15, -0.1) is 0 Å². The van der Waals surface area contributed by atoms with Crippen LogP contribution in [-0.4, -0.2) is 61.2 Å². The monoisotopic (exact) mass is 285 g/mol. The average Bonchev–Trinajstić information content (AvgIpc) is 2.46. The van der Waals surface area contributed by atoms with Crippen LogP contribution in [0.3, 0.4) is 0 Å². The Bertz CT molecular complexity index is 266. The normalized spacial score (nSPS) is 27.9. The Morgan fingerprint density at radius 2 is 1.95 bits per heavy atom. The fourth-order valence-corrected chi connectivity index (χ4v) is 3.41. The lowest BCUT2D eigenvalue weighted by molar-refractivity contribution is -0.0686. The van der Waals surface area contributed by atoms with Crippen LogP contribution in [0.1, 0.15) is 46.0 Å². The van der Waals surface area contributed by atoms with E-state index in [0.29, 0.717) is 18.6 Å². The standard InChI is InChI=1S/C16H31NO3/c1-13(2)16-5-3-4-8-17(16)11-14(18)12-20-15-6-9-19-10-7-15/h13-16,18H,3-12H2,1-2H3. The second-order valence-electron chi connectivity index (χ2n) is 6.60. The molecule has 2 saturated heterocycles. The van der Waals surface area contributed by atoms with Gasteiger partial charge in [0.15, 0.2) is 0 Å². The van der Waals surface area contributed by atoms with Crippen molar-refractivity contribution >= 4 is 0 Å². The summed E-state index contributed by atoms with van der Waals surface area (Å²) >= 11 is 0. The molecule has 0 aromatic rings. The van der Waals surface area contributed by atoms with Gasteiger partial charge in [-0.1, -0.05) is 20.3 Å². The quantitative estimate of drug-likeness (QED) is 0.811. The van der Waals surface area contributed by atoms with Crippen LogP contribution in [0.2, 0.25) is 0 Å². The summed E-state index contributed by atoms with van der Waals surface area (Å²) in [6, 6.07) is 0.626. The molecule has 2 unspecified atom stereocenters. The third kappa shape index (κ3) is 4.99. The van der Waals surface area contributed by atoms with Gasteiger partial charge in [0.25, 0.3) is 0 Å². The minimum Gasteiger partial charge on any atom is -0.389 e. The molecule has 0 radical (unpaired) electrons. The lowest BCUT2D eigenvalue weighted by atomic mass is 9.92. The molecule has 0 aromatic heterocycles. The summed E-state index contributed by atoms with van der Waals surface area (Å²) < 4.78 is 11.1. The first kappa shape index (κ1) is 16.2. The first-order chi connectivity index (χ1) is 9.66. The fourth-order valence-electron chi connectivity index (χ4n) is 3.41. The van der Waals surface area contributed by atoms with E-state index in [-0.39, 0.29) is 12.2 Å². The van der Waals surface area contributed by atoms with E-state index in [1.54, 1.807) is 0 Å². The minimum absolute atomic E-state index is 0.278. The topological polar surface area (TPSA) is 41.9 Å². The fraction of sp³-hybridized carbons (Fsp3) is 1.00. The number of hydrogen-bond donors (Lipinski definition) is 1. The van der Waals surface area contributed by atoms with Crippen LogP contribution in [0.4, 0.5) is 0 Å². The van der Waals surface area contributed by atoms with Crippen molar-refractivity contribution in [3.05, 3.63) is 0 Å². The molecular weight excluding hydrogens is 254 g/mol. The third-order valence-electron chi connectivity index (χ3n) is 4.57. The summed E-state index contributed by atoms with van der Waals surface area (Å²) in [6.45, 7) is 8.50. The highest BCUT2D eigenvalue weighted by Gasteiger charge is 2.27. The molecule has 2 aliphatic rings. The molecule has 2 atom stereocenters. The highest BCUT2D eigenvalue weighted by atomic mass is 16.5. The Balaban J connectivity index is 1.70. The second kappa shape index (κ2) is 8.32. The molecule has 2 fully saturated rings. The van der Waals surface area contributed by atoms with Crippen LogP contribution < -0.4 is 0 Å². The molecule has 0 aliphatic carbocycles. The van der Waals surface area contributed by atoms with Crippen LogP contribution >= 0.6 is 0 Å². The smallest absolute Gasteiger partial charge is 0.0900 e. The second-order valence-corrected chi connectivity index (χ2v) is 6.60. The Labute approximate surface area is 123 Å². The van der Waals surface area contributed by atoms with E-state index < -0.39 is 0 Å². The molecule has 1 N–H and O–H groups in total. The maximum atomic E-state index is 10.2. The van der Waals surface area contributed by atoms with E-state index in [4.69, 9.17) is 9.47 Å². The lowest BCUT2D eigenvalue weighted by Crippen LogP contribution is -2.47. The molecule has 2 heterocycles. The highest BCUT2D eigenvalue weighted by Crippen LogP contribution is 2.23. The van der Waals surface area contributed by atoms with E-state index in [0.717, 1.165) is 39.1 Å². The Hall–Kier alpha value is -0.160. The number of aliphatic hydroxyl groups is 1. The lowest BCUT2D eigenvalue weighted by Gasteiger charge is -2.39. The largest absolute Gasteiger partial charge is 0.389 e. The predicted octanol–water partition coefficient (Wildman–Crippen LogP) is 2.05. The van der Waals surface area contributed by atoms with Gasteiger partial charge in [-0.3, -0.25) is 4.90 Å². The molecule has 0 aromatic carbocycles. The number of aliphatic hydroxyl groups excluding tert-OH is 1. The van der Waals surface area contributed by atoms with Gasteiger partial charge < -0.3 is 14.6 Å². The predicted molar refractivity (Wildman–Crippen MR) is 79.8 cm³/mol. The summed E-state index contributed by atoms with van der Waals surface area (Å²) in [4.78, 5) is 2.46. The van der Waals surface area contributed by atoms with Gasteiger partial charge in [-0.05, 0) is 38.1 Å². The van der Waals surface area contributed by atoms with Crippen molar-refractivity contribution in [1.82, 2.24) is 4.90 Å². The molecule has 2 rings (SSSR count). The van der Waals surface area contributed by atoms with Gasteiger partial charge in [0.1, 0.15) is 0 Å². The molecule has 118 valence electrons. The average molecular weight is 285 g/mol. The van der Waals surface area contributed by atoms with Crippen LogP contribution in [-0.2, 0) is 9.47 Å².